The number of rotatable bonds is 7. The van der Waals surface area contributed by atoms with Crippen LogP contribution in [0.5, 0.6) is 5.75 Å². The molecule has 134 valence electrons. The molecule has 0 spiro atoms. The van der Waals surface area contributed by atoms with E-state index < -0.39 is 17.9 Å². The summed E-state index contributed by atoms with van der Waals surface area (Å²) in [5, 5.41) is 3.97. The van der Waals surface area contributed by atoms with E-state index >= 15 is 0 Å². The van der Waals surface area contributed by atoms with Crippen molar-refractivity contribution in [2.45, 2.75) is 26.3 Å². The van der Waals surface area contributed by atoms with Crippen LogP contribution in [0, 0.1) is 5.92 Å². The fourth-order valence-electron chi connectivity index (χ4n) is 2.38. The van der Waals surface area contributed by atoms with E-state index in [1.807, 2.05) is 19.9 Å². The summed E-state index contributed by atoms with van der Waals surface area (Å²) in [6.07, 6.45) is 2.36. The summed E-state index contributed by atoms with van der Waals surface area (Å²) >= 11 is 6.14. The molecule has 25 heavy (non-hydrogen) atoms. The first kappa shape index (κ1) is 19.0. The molecule has 6 nitrogen and oxygen atoms in total. The maximum absolute atomic E-state index is 12.2. The lowest BCUT2D eigenvalue weighted by atomic mass is 9.99. The van der Waals surface area contributed by atoms with E-state index in [2.05, 4.69) is 10.3 Å². The van der Waals surface area contributed by atoms with Gasteiger partial charge in [0.15, 0.2) is 6.61 Å². The minimum absolute atomic E-state index is 0.0468. The number of esters is 1. The number of methoxy groups -OCH3 is 1. The Labute approximate surface area is 151 Å². The molecule has 0 unspecified atom stereocenters. The van der Waals surface area contributed by atoms with E-state index in [1.54, 1.807) is 24.4 Å². The largest absolute Gasteiger partial charge is 0.481 e. The summed E-state index contributed by atoms with van der Waals surface area (Å²) < 4.78 is 10.3. The van der Waals surface area contributed by atoms with Gasteiger partial charge < -0.3 is 14.8 Å². The van der Waals surface area contributed by atoms with Gasteiger partial charge in [-0.2, -0.15) is 0 Å². The lowest BCUT2D eigenvalue weighted by Crippen LogP contribution is -2.47. The number of fused-ring (bicyclic) bond motifs is 1. The van der Waals surface area contributed by atoms with E-state index in [1.165, 1.54) is 7.11 Å². The number of hydrogen-bond donors (Lipinski definition) is 1. The molecule has 0 fully saturated rings. The summed E-state index contributed by atoms with van der Waals surface area (Å²) in [6, 6.07) is 6.25. The molecular weight excluding hydrogens is 344 g/mol. The zero-order valence-electron chi connectivity index (χ0n) is 14.4. The number of carbonyl (C=O) groups is 2. The van der Waals surface area contributed by atoms with E-state index in [0.717, 1.165) is 11.8 Å². The van der Waals surface area contributed by atoms with Crippen molar-refractivity contribution < 1.29 is 19.1 Å². The minimum atomic E-state index is -0.703. The Morgan fingerprint density at radius 3 is 2.76 bits per heavy atom. The van der Waals surface area contributed by atoms with Gasteiger partial charge in [0, 0.05) is 11.6 Å². The van der Waals surface area contributed by atoms with Gasteiger partial charge >= 0.3 is 5.97 Å². The molecule has 2 atom stereocenters. The van der Waals surface area contributed by atoms with Crippen molar-refractivity contribution in [3.05, 3.63) is 35.5 Å². The monoisotopic (exact) mass is 364 g/mol. The lowest BCUT2D eigenvalue weighted by molar-refractivity contribution is -0.146. The van der Waals surface area contributed by atoms with E-state index in [-0.39, 0.29) is 12.5 Å². The van der Waals surface area contributed by atoms with Crippen molar-refractivity contribution in [3.8, 4) is 5.75 Å². The number of nitrogens with one attached hydrogen (secondary N) is 1. The number of ether oxygens (including phenoxy) is 2. The molecule has 2 aromatic rings. The van der Waals surface area contributed by atoms with E-state index in [0.29, 0.717) is 16.3 Å². The second kappa shape index (κ2) is 8.67. The first-order valence-corrected chi connectivity index (χ1v) is 8.39. The Balaban J connectivity index is 2.07. The number of amides is 1. The maximum Gasteiger partial charge on any atom is 0.328 e. The van der Waals surface area contributed by atoms with Crippen LogP contribution in [0.25, 0.3) is 10.9 Å². The summed E-state index contributed by atoms with van der Waals surface area (Å²) in [6.45, 7) is 3.57. The Morgan fingerprint density at radius 2 is 2.08 bits per heavy atom. The van der Waals surface area contributed by atoms with Crippen LogP contribution in [-0.2, 0) is 14.3 Å². The topological polar surface area (TPSA) is 77.5 Å². The molecule has 1 heterocycles. The summed E-state index contributed by atoms with van der Waals surface area (Å²) in [7, 11) is 1.30. The number of pyridine rings is 1. The molecule has 7 heteroatoms. The second-order valence-corrected chi connectivity index (χ2v) is 6.09. The van der Waals surface area contributed by atoms with Gasteiger partial charge in [-0.25, -0.2) is 4.79 Å². The predicted octanol–water partition coefficient (Wildman–Crippen LogP) is 2.97. The van der Waals surface area contributed by atoms with Crippen LogP contribution in [0.15, 0.2) is 30.5 Å². The van der Waals surface area contributed by atoms with Crippen LogP contribution >= 0.6 is 11.6 Å². The molecule has 1 N–H and O–H groups in total. The quantitative estimate of drug-likeness (QED) is 0.764. The van der Waals surface area contributed by atoms with Crippen LogP contribution in [0.4, 0.5) is 0 Å². The van der Waals surface area contributed by atoms with Gasteiger partial charge in [0.25, 0.3) is 5.91 Å². The minimum Gasteiger partial charge on any atom is -0.481 e. The van der Waals surface area contributed by atoms with E-state index in [9.17, 15) is 9.59 Å². The number of halogens is 1. The molecule has 0 saturated carbocycles. The average molecular weight is 365 g/mol. The summed E-state index contributed by atoms with van der Waals surface area (Å²) in [4.78, 5) is 28.3. The van der Waals surface area contributed by atoms with Gasteiger partial charge in [-0.3, -0.25) is 9.78 Å². The first-order chi connectivity index (χ1) is 12.0. The highest BCUT2D eigenvalue weighted by atomic mass is 35.5. The Bertz CT molecular complexity index is 766. The van der Waals surface area contributed by atoms with Crippen molar-refractivity contribution in [2.75, 3.05) is 13.7 Å². The molecule has 1 aromatic heterocycles. The number of aromatic nitrogens is 1. The Hall–Kier alpha value is -2.34. The van der Waals surface area contributed by atoms with Crippen LogP contribution in [0.3, 0.4) is 0 Å². The van der Waals surface area contributed by atoms with Crippen LogP contribution in [0.2, 0.25) is 5.02 Å². The van der Waals surface area contributed by atoms with Crippen molar-refractivity contribution in [3.63, 3.8) is 0 Å². The van der Waals surface area contributed by atoms with Gasteiger partial charge in [0.1, 0.15) is 17.3 Å². The zero-order valence-corrected chi connectivity index (χ0v) is 15.2. The molecule has 0 bridgehead atoms. The first-order valence-electron chi connectivity index (χ1n) is 8.01. The average Bonchev–Trinajstić information content (AvgIpc) is 2.64. The second-order valence-electron chi connectivity index (χ2n) is 5.69. The van der Waals surface area contributed by atoms with Crippen molar-refractivity contribution in [1.29, 1.82) is 0 Å². The van der Waals surface area contributed by atoms with Crippen LogP contribution < -0.4 is 10.1 Å². The number of nitrogens with zero attached hydrogens (tertiary/aromatic N) is 1. The van der Waals surface area contributed by atoms with Crippen molar-refractivity contribution in [1.82, 2.24) is 10.3 Å². The molecule has 1 amide bonds. The fourth-order valence-corrected chi connectivity index (χ4v) is 2.60. The standard InChI is InChI=1S/C18H21ClN2O4/c1-4-11(2)16(18(23)24-3)21-15(22)10-25-14-8-7-13(19)12-6-5-9-20-17(12)14/h5-9,11,16H,4,10H2,1-3H3,(H,21,22)/t11-,16-/m1/s1. The summed E-state index contributed by atoms with van der Waals surface area (Å²) in [5.41, 5.74) is 0.578. The van der Waals surface area contributed by atoms with Crippen LogP contribution in [0.1, 0.15) is 20.3 Å². The smallest absolute Gasteiger partial charge is 0.328 e. The van der Waals surface area contributed by atoms with Gasteiger partial charge in [0.2, 0.25) is 0 Å². The third-order valence-electron chi connectivity index (χ3n) is 4.02. The molecule has 0 aliphatic heterocycles. The lowest BCUT2D eigenvalue weighted by Gasteiger charge is -2.21. The van der Waals surface area contributed by atoms with Gasteiger partial charge in [0.05, 0.1) is 12.1 Å². The Kier molecular flexibility index (Phi) is 6.58. The molecule has 0 saturated heterocycles. The van der Waals surface area contributed by atoms with Gasteiger partial charge in [-0.15, -0.1) is 0 Å². The molecule has 0 radical (unpaired) electrons. The third-order valence-corrected chi connectivity index (χ3v) is 4.35. The maximum atomic E-state index is 12.2. The van der Waals surface area contributed by atoms with Crippen molar-refractivity contribution in [2.24, 2.45) is 5.92 Å². The third kappa shape index (κ3) is 4.60. The normalized spacial score (nSPS) is 13.1. The summed E-state index contributed by atoms with van der Waals surface area (Å²) in [5.74, 6) is -0.473. The zero-order chi connectivity index (χ0) is 18.4. The fraction of sp³-hybridized carbons (Fsp3) is 0.389. The SMILES string of the molecule is CC[C@@H](C)[C@@H](NC(=O)COc1ccc(Cl)c2cccnc12)C(=O)OC. The number of benzene rings is 1. The van der Waals surface area contributed by atoms with E-state index in [4.69, 9.17) is 21.1 Å². The highest BCUT2D eigenvalue weighted by Crippen LogP contribution is 2.29. The molecule has 0 aliphatic carbocycles. The molecular formula is C18H21ClN2O4. The Morgan fingerprint density at radius 1 is 1.32 bits per heavy atom. The molecule has 2 rings (SSSR count). The number of carbonyl (C=O) groups excluding carboxylic acids is 2. The van der Waals surface area contributed by atoms with Crippen molar-refractivity contribution >= 4 is 34.4 Å². The van der Waals surface area contributed by atoms with Gasteiger partial charge in [-0.1, -0.05) is 31.9 Å². The van der Waals surface area contributed by atoms with Crippen LogP contribution in [-0.4, -0.2) is 36.6 Å². The predicted molar refractivity (Wildman–Crippen MR) is 95.6 cm³/mol. The van der Waals surface area contributed by atoms with Gasteiger partial charge in [-0.05, 0) is 30.2 Å². The molecule has 1 aromatic carbocycles. The molecule has 0 aliphatic rings. The highest BCUT2D eigenvalue weighted by molar-refractivity contribution is 6.35. The number of hydrogen-bond acceptors (Lipinski definition) is 5. The highest BCUT2D eigenvalue weighted by Gasteiger charge is 2.26.